The molecule has 1 unspecified atom stereocenters. The number of benzene rings is 2. The second kappa shape index (κ2) is 10.3. The number of halogens is 10. The van der Waals surface area contributed by atoms with E-state index in [4.69, 9.17) is 16.3 Å². The highest BCUT2D eigenvalue weighted by Gasteiger charge is 2.66. The van der Waals surface area contributed by atoms with Crippen molar-refractivity contribution in [1.29, 1.82) is 0 Å². The van der Waals surface area contributed by atoms with Crippen LogP contribution < -0.4 is 10.2 Å². The predicted octanol–water partition coefficient (Wildman–Crippen LogP) is 7.64. The van der Waals surface area contributed by atoms with E-state index in [1.165, 1.54) is 12.1 Å². The standard InChI is InChI=1S/C25H22ClF9N2O3/c1-21(2,3)36-20(39)40-12-13-4-5-17(11-18(13)26)37-7-6-22(19(37)38,25(33,34)35)14-8-15(23(27,28)29)10-16(9-14)24(30,31)32/h4-5,8-11H,6-7,12H2,1-3H3,(H,36,39). The molecule has 40 heavy (non-hydrogen) atoms. The number of alkyl halides is 9. The van der Waals surface area contributed by atoms with Crippen molar-refractivity contribution < 1.29 is 53.8 Å². The first kappa shape index (κ1) is 31.4. The Labute approximate surface area is 227 Å². The molecule has 0 saturated carbocycles. The minimum atomic E-state index is -5.55. The zero-order chi connectivity index (χ0) is 30.5. The molecule has 2 aromatic carbocycles. The average Bonchev–Trinajstić information content (AvgIpc) is 3.13. The molecule has 2 aromatic rings. The van der Waals surface area contributed by atoms with Gasteiger partial charge in [0.2, 0.25) is 5.91 Å². The average molecular weight is 605 g/mol. The maximum atomic E-state index is 14.4. The van der Waals surface area contributed by atoms with Crippen LogP contribution >= 0.6 is 11.6 Å². The molecule has 0 aliphatic carbocycles. The molecule has 1 aliphatic heterocycles. The fourth-order valence-electron chi connectivity index (χ4n) is 4.17. The molecule has 1 aliphatic rings. The summed E-state index contributed by atoms with van der Waals surface area (Å²) in [6.07, 6.45) is -18.3. The number of hydrogen-bond acceptors (Lipinski definition) is 3. The van der Waals surface area contributed by atoms with Crippen LogP contribution in [0.25, 0.3) is 0 Å². The molecule has 0 aromatic heterocycles. The van der Waals surface area contributed by atoms with Crippen LogP contribution in [0.15, 0.2) is 36.4 Å². The molecule has 2 amide bonds. The van der Waals surface area contributed by atoms with E-state index in [1.807, 2.05) is 0 Å². The minimum Gasteiger partial charge on any atom is -0.445 e. The van der Waals surface area contributed by atoms with Crippen LogP contribution in [-0.2, 0) is 33.9 Å². The van der Waals surface area contributed by atoms with Crippen molar-refractivity contribution in [3.8, 4) is 0 Å². The lowest BCUT2D eigenvalue weighted by molar-refractivity contribution is -0.191. The maximum Gasteiger partial charge on any atom is 0.416 e. The van der Waals surface area contributed by atoms with Crippen LogP contribution in [0.2, 0.25) is 5.02 Å². The van der Waals surface area contributed by atoms with Crippen molar-refractivity contribution in [3.05, 3.63) is 63.7 Å². The lowest BCUT2D eigenvalue weighted by Gasteiger charge is -2.32. The van der Waals surface area contributed by atoms with Gasteiger partial charge in [0, 0.05) is 28.4 Å². The zero-order valence-electron chi connectivity index (χ0n) is 21.0. The highest BCUT2D eigenvalue weighted by Crippen LogP contribution is 2.51. The lowest BCUT2D eigenvalue weighted by atomic mass is 9.77. The van der Waals surface area contributed by atoms with Gasteiger partial charge in [0.1, 0.15) is 6.61 Å². The molecule has 15 heteroatoms. The summed E-state index contributed by atoms with van der Waals surface area (Å²) in [5, 5.41) is 2.42. The van der Waals surface area contributed by atoms with Crippen molar-refractivity contribution in [3.63, 3.8) is 0 Å². The smallest absolute Gasteiger partial charge is 0.416 e. The quantitative estimate of drug-likeness (QED) is 0.365. The molecule has 5 nitrogen and oxygen atoms in total. The van der Waals surface area contributed by atoms with E-state index in [9.17, 15) is 49.1 Å². The van der Waals surface area contributed by atoms with Gasteiger partial charge in [0.25, 0.3) is 0 Å². The van der Waals surface area contributed by atoms with Gasteiger partial charge < -0.3 is 15.0 Å². The first-order valence-electron chi connectivity index (χ1n) is 11.5. The van der Waals surface area contributed by atoms with Crippen LogP contribution in [0.5, 0.6) is 0 Å². The summed E-state index contributed by atoms with van der Waals surface area (Å²) in [5.74, 6) is -1.77. The van der Waals surface area contributed by atoms with E-state index in [2.05, 4.69) is 5.32 Å². The zero-order valence-corrected chi connectivity index (χ0v) is 21.8. The second-order valence-electron chi connectivity index (χ2n) is 10.1. The number of carbonyl (C=O) groups excluding carboxylic acids is 2. The molecule has 1 N–H and O–H groups in total. The van der Waals surface area contributed by atoms with Crippen LogP contribution in [0.4, 0.5) is 50.0 Å². The highest BCUT2D eigenvalue weighted by atomic mass is 35.5. The maximum absolute atomic E-state index is 14.4. The Morgan fingerprint density at radius 1 is 0.950 bits per heavy atom. The minimum absolute atomic E-state index is 0.0832. The van der Waals surface area contributed by atoms with Crippen LogP contribution in [0, 0.1) is 0 Å². The Hall–Kier alpha value is -3.16. The van der Waals surface area contributed by atoms with E-state index < -0.39 is 71.1 Å². The van der Waals surface area contributed by atoms with Crippen molar-refractivity contribution in [1.82, 2.24) is 5.32 Å². The van der Waals surface area contributed by atoms with Gasteiger partial charge in [-0.05, 0) is 63.1 Å². The van der Waals surface area contributed by atoms with Gasteiger partial charge in [-0.1, -0.05) is 17.7 Å². The molecule has 0 spiro atoms. The topological polar surface area (TPSA) is 58.6 Å². The number of rotatable bonds is 4. The van der Waals surface area contributed by atoms with E-state index >= 15 is 0 Å². The van der Waals surface area contributed by atoms with Crippen LogP contribution in [0.3, 0.4) is 0 Å². The molecular weight excluding hydrogens is 583 g/mol. The van der Waals surface area contributed by atoms with E-state index in [-0.39, 0.29) is 41.1 Å². The number of carbonyl (C=O) groups is 2. The normalized spacial score (nSPS) is 18.7. The lowest BCUT2D eigenvalue weighted by Crippen LogP contribution is -2.49. The third-order valence-electron chi connectivity index (χ3n) is 6.07. The molecule has 3 rings (SSSR count). The molecule has 1 saturated heterocycles. The third-order valence-corrected chi connectivity index (χ3v) is 6.42. The number of alkyl carbamates (subject to hydrolysis) is 1. The number of ether oxygens (including phenoxy) is 1. The van der Waals surface area contributed by atoms with Gasteiger partial charge in [-0.25, -0.2) is 4.79 Å². The Bertz CT molecular complexity index is 1270. The first-order valence-corrected chi connectivity index (χ1v) is 11.9. The van der Waals surface area contributed by atoms with Gasteiger partial charge >= 0.3 is 24.6 Å². The van der Waals surface area contributed by atoms with E-state index in [1.54, 1.807) is 20.8 Å². The number of amides is 2. The highest BCUT2D eigenvalue weighted by molar-refractivity contribution is 6.31. The van der Waals surface area contributed by atoms with Gasteiger partial charge in [0.15, 0.2) is 5.41 Å². The van der Waals surface area contributed by atoms with Crippen molar-refractivity contribution in [2.75, 3.05) is 11.4 Å². The third kappa shape index (κ3) is 6.42. The number of hydrogen-bond donors (Lipinski definition) is 1. The first-order chi connectivity index (χ1) is 18.1. The summed E-state index contributed by atoms with van der Waals surface area (Å²) in [5.41, 5.74) is -9.69. The summed E-state index contributed by atoms with van der Waals surface area (Å²) >= 11 is 6.17. The summed E-state index contributed by atoms with van der Waals surface area (Å²) < 4.78 is 129. The van der Waals surface area contributed by atoms with Crippen LogP contribution in [0.1, 0.15) is 49.4 Å². The molecule has 0 bridgehead atoms. The van der Waals surface area contributed by atoms with Gasteiger partial charge in [-0.2, -0.15) is 39.5 Å². The Morgan fingerprint density at radius 2 is 1.50 bits per heavy atom. The fourth-order valence-corrected chi connectivity index (χ4v) is 4.40. The summed E-state index contributed by atoms with van der Waals surface area (Å²) in [6, 6.07) is 3.03. The monoisotopic (exact) mass is 604 g/mol. The molecule has 1 fully saturated rings. The van der Waals surface area contributed by atoms with E-state index in [0.717, 1.165) is 6.07 Å². The van der Waals surface area contributed by atoms with Crippen molar-refractivity contribution >= 4 is 29.3 Å². The number of anilines is 1. The largest absolute Gasteiger partial charge is 0.445 e. The van der Waals surface area contributed by atoms with Gasteiger partial charge in [-0.3, -0.25) is 4.79 Å². The Kier molecular flexibility index (Phi) is 8.11. The Balaban J connectivity index is 2.00. The molecule has 220 valence electrons. The molecule has 1 heterocycles. The fraction of sp³-hybridized carbons (Fsp3) is 0.440. The van der Waals surface area contributed by atoms with Gasteiger partial charge in [0.05, 0.1) is 11.1 Å². The second-order valence-corrected chi connectivity index (χ2v) is 10.5. The van der Waals surface area contributed by atoms with Gasteiger partial charge in [-0.15, -0.1) is 0 Å². The molecule has 1 atom stereocenters. The van der Waals surface area contributed by atoms with E-state index in [0.29, 0.717) is 4.90 Å². The summed E-state index contributed by atoms with van der Waals surface area (Å²) in [6.45, 7) is 4.08. The van der Waals surface area contributed by atoms with Crippen LogP contribution in [-0.4, -0.2) is 30.3 Å². The molecule has 0 radical (unpaired) electrons. The summed E-state index contributed by atoms with van der Waals surface area (Å²) in [7, 11) is 0. The number of nitrogens with zero attached hydrogens (tertiary/aromatic N) is 1. The number of nitrogens with one attached hydrogen (secondary N) is 1. The Morgan fingerprint density at radius 3 is 1.95 bits per heavy atom. The summed E-state index contributed by atoms with van der Waals surface area (Å²) in [4.78, 5) is 25.7. The van der Waals surface area contributed by atoms with Crippen molar-refractivity contribution in [2.24, 2.45) is 0 Å². The van der Waals surface area contributed by atoms with Crippen molar-refractivity contribution in [2.45, 2.75) is 63.3 Å². The molecular formula is C25H22ClF9N2O3. The predicted molar refractivity (Wildman–Crippen MR) is 126 cm³/mol. The SMILES string of the molecule is CC(C)(C)NC(=O)OCc1ccc(N2CCC(c3cc(C(F)(F)F)cc(C(F)(F)F)c3)(C(F)(F)F)C2=O)cc1Cl.